The summed E-state index contributed by atoms with van der Waals surface area (Å²) in [5.41, 5.74) is 2.73. The molecule has 0 bridgehead atoms. The number of likely N-dealkylation sites (N-methyl/N-ethyl adjacent to an activating group) is 1. The summed E-state index contributed by atoms with van der Waals surface area (Å²) in [6.07, 6.45) is 0. The first kappa shape index (κ1) is 18.3. The number of rotatable bonds is 6. The molecule has 1 heterocycles. The number of hydrogen-bond acceptors (Lipinski definition) is 4. The van der Waals surface area contributed by atoms with Gasteiger partial charge in [-0.1, -0.05) is 51.4 Å². The molecule has 0 radical (unpaired) electrons. The zero-order chi connectivity index (χ0) is 18.5. The van der Waals surface area contributed by atoms with E-state index in [1.165, 1.54) is 0 Å². The van der Waals surface area contributed by atoms with E-state index in [1.807, 2.05) is 62.5 Å². The molecule has 0 aliphatic carbocycles. The molecule has 0 saturated carbocycles. The van der Waals surface area contributed by atoms with E-state index in [0.717, 1.165) is 26.2 Å². The van der Waals surface area contributed by atoms with Crippen LogP contribution in [0.15, 0.2) is 57.5 Å². The van der Waals surface area contributed by atoms with E-state index in [4.69, 9.17) is 4.52 Å². The van der Waals surface area contributed by atoms with Gasteiger partial charge in [-0.15, -0.1) is 0 Å². The van der Waals surface area contributed by atoms with Crippen LogP contribution in [0, 0.1) is 6.92 Å². The average molecular weight is 416 g/mol. The van der Waals surface area contributed by atoms with Crippen molar-refractivity contribution in [1.29, 1.82) is 0 Å². The van der Waals surface area contributed by atoms with Crippen LogP contribution in [0.2, 0.25) is 0 Å². The number of nitrogens with zero attached hydrogens (tertiary/aromatic N) is 2. The molecule has 2 aromatic carbocycles. The minimum absolute atomic E-state index is 0.0595. The largest absolute Gasteiger partial charge is 0.333 e. The summed E-state index contributed by atoms with van der Waals surface area (Å²) >= 11 is 3.42. The third kappa shape index (κ3) is 4.77. The average Bonchev–Trinajstić information content (AvgIpc) is 3.06. The Morgan fingerprint density at radius 3 is 2.73 bits per heavy atom. The third-order valence-corrected chi connectivity index (χ3v) is 4.37. The Kier molecular flexibility index (Phi) is 5.80. The summed E-state index contributed by atoms with van der Waals surface area (Å²) in [6, 6.07) is 15.4. The van der Waals surface area contributed by atoms with Crippen LogP contribution in [-0.2, 0) is 11.3 Å². The zero-order valence-electron chi connectivity index (χ0n) is 14.6. The van der Waals surface area contributed by atoms with E-state index in [9.17, 15) is 4.79 Å². The number of hydrogen-bond donors (Lipinski definition) is 2. The fourth-order valence-corrected chi connectivity index (χ4v) is 3.06. The number of benzene rings is 2. The monoisotopic (exact) mass is 415 g/mol. The maximum Gasteiger partial charge on any atom is 0.282 e. The van der Waals surface area contributed by atoms with Gasteiger partial charge in [0.2, 0.25) is 5.82 Å². The number of amides is 1. The molecule has 1 aromatic heterocycles. The van der Waals surface area contributed by atoms with Gasteiger partial charge in [-0.3, -0.25) is 4.79 Å². The molecule has 6 nitrogen and oxygen atoms in total. The van der Waals surface area contributed by atoms with Crippen molar-refractivity contribution >= 4 is 27.5 Å². The Bertz CT molecular complexity index is 896. The molecule has 26 heavy (non-hydrogen) atoms. The lowest BCUT2D eigenvalue weighted by Gasteiger charge is -2.13. The second-order valence-electron chi connectivity index (χ2n) is 6.20. The molecule has 0 saturated heterocycles. The van der Waals surface area contributed by atoms with Gasteiger partial charge in [-0.25, -0.2) is 0 Å². The number of aromatic nitrogens is 2. The maximum absolute atomic E-state index is 12.3. The molecule has 0 aliphatic rings. The maximum atomic E-state index is 12.3. The van der Waals surface area contributed by atoms with Gasteiger partial charge in [0, 0.05) is 15.7 Å². The highest BCUT2D eigenvalue weighted by Gasteiger charge is 2.16. The summed E-state index contributed by atoms with van der Waals surface area (Å²) in [5.74, 6) is 1.01. The Labute approximate surface area is 160 Å². The number of nitrogens with one attached hydrogen (secondary N) is 2. The van der Waals surface area contributed by atoms with E-state index >= 15 is 0 Å². The summed E-state index contributed by atoms with van der Waals surface area (Å²) in [6.45, 7) is 2.74. The van der Waals surface area contributed by atoms with Crippen LogP contribution in [0.3, 0.4) is 0 Å². The molecule has 1 atom stereocenters. The standard InChI is InChI=1S/C19H19BrN4O2/c1-13-10-15(20)8-9-16(13)21-17(25)11-24(2)12-18-22-19(23-26-18)14-6-4-3-5-7-14/h3-10H,11-12H2,1-2H3,(H,21,25)/p+1. The highest BCUT2D eigenvalue weighted by molar-refractivity contribution is 9.10. The van der Waals surface area contributed by atoms with Crippen LogP contribution in [0.1, 0.15) is 11.5 Å². The second-order valence-corrected chi connectivity index (χ2v) is 7.11. The smallest absolute Gasteiger partial charge is 0.282 e. The molecule has 1 amide bonds. The normalized spacial score (nSPS) is 12.0. The topological polar surface area (TPSA) is 72.5 Å². The molecule has 3 rings (SSSR count). The van der Waals surface area contributed by atoms with Gasteiger partial charge in [-0.05, 0) is 30.7 Å². The second kappa shape index (κ2) is 8.25. The number of carbonyl (C=O) groups is 1. The van der Waals surface area contributed by atoms with Crippen LogP contribution in [0.5, 0.6) is 0 Å². The van der Waals surface area contributed by atoms with Gasteiger partial charge < -0.3 is 14.7 Å². The molecule has 7 heteroatoms. The Hall–Kier alpha value is -2.51. The van der Waals surface area contributed by atoms with Crippen molar-refractivity contribution in [2.24, 2.45) is 0 Å². The van der Waals surface area contributed by atoms with Gasteiger partial charge in [0.25, 0.3) is 11.8 Å². The highest BCUT2D eigenvalue weighted by Crippen LogP contribution is 2.19. The molecule has 0 spiro atoms. The van der Waals surface area contributed by atoms with Crippen LogP contribution in [-0.4, -0.2) is 29.6 Å². The number of carbonyl (C=O) groups excluding carboxylic acids is 1. The van der Waals surface area contributed by atoms with E-state index in [2.05, 4.69) is 31.4 Å². The van der Waals surface area contributed by atoms with Crippen molar-refractivity contribution in [2.45, 2.75) is 13.5 Å². The fourth-order valence-electron chi connectivity index (χ4n) is 2.59. The van der Waals surface area contributed by atoms with Crippen LogP contribution < -0.4 is 10.2 Å². The number of quaternary nitrogens is 1. The molecule has 1 unspecified atom stereocenters. The lowest BCUT2D eigenvalue weighted by atomic mass is 10.2. The number of aryl methyl sites for hydroxylation is 1. The third-order valence-electron chi connectivity index (χ3n) is 3.88. The predicted molar refractivity (Wildman–Crippen MR) is 103 cm³/mol. The Morgan fingerprint density at radius 2 is 2.00 bits per heavy atom. The number of anilines is 1. The van der Waals surface area contributed by atoms with Crippen molar-refractivity contribution in [3.05, 3.63) is 64.5 Å². The van der Waals surface area contributed by atoms with Crippen molar-refractivity contribution in [2.75, 3.05) is 18.9 Å². The van der Waals surface area contributed by atoms with Gasteiger partial charge in [0.1, 0.15) is 0 Å². The van der Waals surface area contributed by atoms with E-state index in [1.54, 1.807) is 0 Å². The van der Waals surface area contributed by atoms with Crippen molar-refractivity contribution < 1.29 is 14.2 Å². The Morgan fingerprint density at radius 1 is 1.23 bits per heavy atom. The summed E-state index contributed by atoms with van der Waals surface area (Å²) in [5, 5.41) is 6.94. The van der Waals surface area contributed by atoms with Crippen molar-refractivity contribution in [1.82, 2.24) is 10.1 Å². The van der Waals surface area contributed by atoms with Crippen LogP contribution >= 0.6 is 15.9 Å². The van der Waals surface area contributed by atoms with Crippen LogP contribution in [0.4, 0.5) is 5.69 Å². The fraction of sp³-hybridized carbons (Fsp3) is 0.211. The molecular formula is C19H20BrN4O2+. The quantitative estimate of drug-likeness (QED) is 0.648. The minimum Gasteiger partial charge on any atom is -0.333 e. The molecule has 134 valence electrons. The first-order chi connectivity index (χ1) is 12.5. The minimum atomic E-state index is -0.0595. The lowest BCUT2D eigenvalue weighted by molar-refractivity contribution is -0.886. The predicted octanol–water partition coefficient (Wildman–Crippen LogP) is 2.46. The summed E-state index contributed by atoms with van der Waals surface area (Å²) in [4.78, 5) is 17.6. The SMILES string of the molecule is Cc1cc(Br)ccc1NC(=O)C[NH+](C)Cc1nc(-c2ccccc2)no1. The first-order valence-electron chi connectivity index (χ1n) is 8.26. The Balaban J connectivity index is 1.56. The molecule has 2 N–H and O–H groups in total. The van der Waals surface area contributed by atoms with Crippen LogP contribution in [0.25, 0.3) is 11.4 Å². The molecule has 0 aliphatic heterocycles. The van der Waals surface area contributed by atoms with E-state index in [-0.39, 0.29) is 5.91 Å². The van der Waals surface area contributed by atoms with E-state index in [0.29, 0.717) is 24.8 Å². The van der Waals surface area contributed by atoms with E-state index < -0.39 is 0 Å². The van der Waals surface area contributed by atoms with Gasteiger partial charge in [0.05, 0.1) is 7.05 Å². The van der Waals surface area contributed by atoms with Gasteiger partial charge in [-0.2, -0.15) is 4.98 Å². The molecule has 0 fully saturated rings. The number of halogens is 1. The molecular weight excluding hydrogens is 396 g/mol. The summed E-state index contributed by atoms with van der Waals surface area (Å²) in [7, 11) is 1.92. The lowest BCUT2D eigenvalue weighted by Crippen LogP contribution is -3.08. The molecule has 3 aromatic rings. The van der Waals surface area contributed by atoms with Crippen molar-refractivity contribution in [3.8, 4) is 11.4 Å². The summed E-state index contributed by atoms with van der Waals surface area (Å²) < 4.78 is 6.29. The van der Waals surface area contributed by atoms with Gasteiger partial charge in [0.15, 0.2) is 13.1 Å². The first-order valence-corrected chi connectivity index (χ1v) is 9.06. The van der Waals surface area contributed by atoms with Gasteiger partial charge >= 0.3 is 0 Å². The van der Waals surface area contributed by atoms with Crippen molar-refractivity contribution in [3.63, 3.8) is 0 Å². The zero-order valence-corrected chi connectivity index (χ0v) is 16.2. The highest BCUT2D eigenvalue weighted by atomic mass is 79.9.